The first-order valence-electron chi connectivity index (χ1n) is 9.24. The Morgan fingerprint density at radius 1 is 1.15 bits per heavy atom. The summed E-state index contributed by atoms with van der Waals surface area (Å²) in [5, 5.41) is 8.35. The van der Waals surface area contributed by atoms with Crippen LogP contribution < -0.4 is 0 Å². The molecule has 0 N–H and O–H groups in total. The van der Waals surface area contributed by atoms with Crippen molar-refractivity contribution in [2.75, 3.05) is 36.9 Å². The Morgan fingerprint density at radius 3 is 2.63 bits per heavy atom. The van der Waals surface area contributed by atoms with Gasteiger partial charge >= 0.3 is 0 Å². The van der Waals surface area contributed by atoms with Crippen molar-refractivity contribution in [1.29, 1.82) is 0 Å². The first-order valence-corrected chi connectivity index (χ1v) is 12.0. The molecule has 27 heavy (non-hydrogen) atoms. The molecule has 2 aliphatic heterocycles. The summed E-state index contributed by atoms with van der Waals surface area (Å²) >= 11 is 1.94. The maximum Gasteiger partial charge on any atom is 0.216 e. The molecule has 0 saturated carbocycles. The zero-order valence-corrected chi connectivity index (χ0v) is 17.1. The van der Waals surface area contributed by atoms with Gasteiger partial charge in [0.05, 0.1) is 30.7 Å². The lowest BCUT2D eigenvalue weighted by Crippen LogP contribution is -2.43. The van der Waals surface area contributed by atoms with Crippen LogP contribution >= 0.6 is 11.8 Å². The van der Waals surface area contributed by atoms with Crippen LogP contribution in [0.2, 0.25) is 0 Å². The largest absolute Gasteiger partial charge is 0.296 e. The minimum atomic E-state index is -3.23. The van der Waals surface area contributed by atoms with Gasteiger partial charge in [-0.05, 0) is 12.5 Å². The monoisotopic (exact) mass is 407 g/mol. The molecule has 4 rings (SSSR count). The van der Waals surface area contributed by atoms with E-state index in [9.17, 15) is 8.42 Å². The zero-order valence-electron chi connectivity index (χ0n) is 15.5. The number of aryl methyl sites for hydroxylation is 1. The number of nitrogens with zero attached hydrogens (tertiary/aromatic N) is 5. The van der Waals surface area contributed by atoms with Crippen molar-refractivity contribution in [3.63, 3.8) is 0 Å². The average molecular weight is 408 g/mol. The Morgan fingerprint density at radius 2 is 1.89 bits per heavy atom. The highest BCUT2D eigenvalue weighted by Gasteiger charge is 2.39. The number of thioether (sulfide) groups is 1. The van der Waals surface area contributed by atoms with Gasteiger partial charge in [0.1, 0.15) is 0 Å². The second-order valence-electron chi connectivity index (χ2n) is 7.27. The van der Waals surface area contributed by atoms with Gasteiger partial charge in [-0.15, -0.1) is 5.10 Å². The molecular weight excluding hydrogens is 382 g/mol. The fourth-order valence-corrected chi connectivity index (χ4v) is 6.30. The van der Waals surface area contributed by atoms with E-state index in [1.54, 1.807) is 8.99 Å². The molecule has 2 aliphatic rings. The Balaban J connectivity index is 1.40. The molecule has 1 unspecified atom stereocenters. The maximum absolute atomic E-state index is 12.6. The lowest BCUT2D eigenvalue weighted by molar-refractivity contribution is 0.217. The smallest absolute Gasteiger partial charge is 0.216 e. The summed E-state index contributed by atoms with van der Waals surface area (Å²) in [4.78, 5) is 2.32. The van der Waals surface area contributed by atoms with Gasteiger partial charge in [0, 0.05) is 37.2 Å². The topological polar surface area (TPSA) is 71.3 Å². The van der Waals surface area contributed by atoms with Crippen molar-refractivity contribution < 1.29 is 8.42 Å². The summed E-state index contributed by atoms with van der Waals surface area (Å²) in [6.45, 7) is 5.50. The highest BCUT2D eigenvalue weighted by molar-refractivity contribution is 7.99. The Hall–Kier alpha value is -1.42. The van der Waals surface area contributed by atoms with E-state index >= 15 is 0 Å². The van der Waals surface area contributed by atoms with Crippen molar-refractivity contribution in [3.05, 3.63) is 47.3 Å². The van der Waals surface area contributed by atoms with Gasteiger partial charge < -0.3 is 0 Å². The molecule has 0 bridgehead atoms. The van der Waals surface area contributed by atoms with E-state index in [0.29, 0.717) is 25.3 Å². The van der Waals surface area contributed by atoms with Gasteiger partial charge in [-0.25, -0.2) is 13.1 Å². The SMILES string of the molecule is Cc1ccc(Cn2cc(CN3CC(N4CCSCC4)CS3(=O)=O)nn2)cc1. The highest BCUT2D eigenvalue weighted by atomic mass is 32.2. The summed E-state index contributed by atoms with van der Waals surface area (Å²) in [7, 11) is -3.23. The third kappa shape index (κ3) is 4.53. The molecule has 0 amide bonds. The highest BCUT2D eigenvalue weighted by Crippen LogP contribution is 2.23. The van der Waals surface area contributed by atoms with Crippen LogP contribution in [0.25, 0.3) is 0 Å². The summed E-state index contributed by atoms with van der Waals surface area (Å²) in [6.07, 6.45) is 1.85. The van der Waals surface area contributed by atoms with Gasteiger partial charge in [0.15, 0.2) is 0 Å². The van der Waals surface area contributed by atoms with Crippen LogP contribution in [0.5, 0.6) is 0 Å². The second-order valence-corrected chi connectivity index (χ2v) is 10.5. The normalized spacial score (nSPS) is 23.7. The minimum Gasteiger partial charge on any atom is -0.296 e. The molecule has 3 heterocycles. The van der Waals surface area contributed by atoms with Crippen LogP contribution in [0.1, 0.15) is 16.8 Å². The van der Waals surface area contributed by atoms with E-state index in [2.05, 4.69) is 46.4 Å². The van der Waals surface area contributed by atoms with Crippen LogP contribution in [-0.4, -0.2) is 75.6 Å². The molecule has 0 radical (unpaired) electrons. The second kappa shape index (κ2) is 7.90. The fraction of sp³-hybridized carbons (Fsp3) is 0.556. The molecule has 2 aromatic rings. The third-order valence-corrected chi connectivity index (χ3v) is 7.98. The Labute approximate surface area is 164 Å². The van der Waals surface area contributed by atoms with Crippen molar-refractivity contribution in [1.82, 2.24) is 24.2 Å². The number of sulfonamides is 1. The molecule has 1 aromatic carbocycles. The van der Waals surface area contributed by atoms with Crippen molar-refractivity contribution in [2.24, 2.45) is 0 Å². The molecule has 1 atom stereocenters. The van der Waals surface area contributed by atoms with Gasteiger partial charge in [-0.2, -0.15) is 16.1 Å². The van der Waals surface area contributed by atoms with Gasteiger partial charge in [0.25, 0.3) is 0 Å². The molecule has 2 saturated heterocycles. The molecule has 0 aliphatic carbocycles. The van der Waals surface area contributed by atoms with E-state index in [-0.39, 0.29) is 11.8 Å². The number of aromatic nitrogens is 3. The molecule has 2 fully saturated rings. The van der Waals surface area contributed by atoms with Crippen molar-refractivity contribution >= 4 is 21.8 Å². The predicted molar refractivity (Wildman–Crippen MR) is 107 cm³/mol. The number of hydrogen-bond acceptors (Lipinski definition) is 6. The van der Waals surface area contributed by atoms with Crippen LogP contribution in [0.15, 0.2) is 30.5 Å². The molecule has 1 aromatic heterocycles. The first kappa shape index (κ1) is 18.9. The Kier molecular flexibility index (Phi) is 5.54. The number of rotatable bonds is 5. The number of hydrogen-bond donors (Lipinski definition) is 0. The molecule has 0 spiro atoms. The van der Waals surface area contributed by atoms with Gasteiger partial charge in [0.2, 0.25) is 10.0 Å². The summed E-state index contributed by atoms with van der Waals surface area (Å²) in [6, 6.07) is 8.39. The standard InChI is InChI=1S/C18H25N5O2S2/c1-15-2-4-16(5-3-15)10-22-11-17(19-20-22)12-23-13-18(14-27(23,24)25)21-6-8-26-9-7-21/h2-5,11,18H,6-10,12-14H2,1H3. The molecular formula is C18H25N5O2S2. The molecule has 7 nitrogen and oxygen atoms in total. The minimum absolute atomic E-state index is 0.0958. The lowest BCUT2D eigenvalue weighted by atomic mass is 10.1. The first-order chi connectivity index (χ1) is 13.0. The van der Waals surface area contributed by atoms with Crippen molar-refractivity contribution in [3.8, 4) is 0 Å². The fourth-order valence-electron chi connectivity index (χ4n) is 3.63. The third-order valence-electron chi connectivity index (χ3n) is 5.16. The van der Waals surface area contributed by atoms with Crippen LogP contribution in [0.3, 0.4) is 0 Å². The van der Waals surface area contributed by atoms with E-state index in [1.165, 1.54) is 5.56 Å². The van der Waals surface area contributed by atoms with Crippen LogP contribution in [-0.2, 0) is 23.1 Å². The van der Waals surface area contributed by atoms with Gasteiger partial charge in [-0.1, -0.05) is 35.0 Å². The maximum atomic E-state index is 12.6. The van der Waals surface area contributed by atoms with Crippen LogP contribution in [0, 0.1) is 6.92 Å². The summed E-state index contributed by atoms with van der Waals surface area (Å²) in [5.41, 5.74) is 3.06. The van der Waals surface area contributed by atoms with E-state index in [4.69, 9.17) is 0 Å². The Bertz CT molecular complexity index is 875. The van der Waals surface area contributed by atoms with E-state index < -0.39 is 10.0 Å². The van der Waals surface area contributed by atoms with Crippen molar-refractivity contribution in [2.45, 2.75) is 26.1 Å². The molecule has 9 heteroatoms. The number of benzene rings is 1. The quantitative estimate of drug-likeness (QED) is 0.742. The van der Waals surface area contributed by atoms with E-state index in [1.807, 2.05) is 18.0 Å². The van der Waals surface area contributed by atoms with Crippen LogP contribution in [0.4, 0.5) is 0 Å². The predicted octanol–water partition coefficient (Wildman–Crippen LogP) is 1.20. The zero-order chi connectivity index (χ0) is 18.9. The van der Waals surface area contributed by atoms with Gasteiger partial charge in [-0.3, -0.25) is 4.90 Å². The molecule has 146 valence electrons. The summed E-state index contributed by atoms with van der Waals surface area (Å²) < 4.78 is 28.5. The van der Waals surface area contributed by atoms with E-state index in [0.717, 1.165) is 30.2 Å². The average Bonchev–Trinajstić information content (AvgIpc) is 3.22. The summed E-state index contributed by atoms with van der Waals surface area (Å²) in [5.74, 6) is 2.39. The lowest BCUT2D eigenvalue weighted by Gasteiger charge is -2.30.